The number of carbonyl (C=O) groups is 1. The molecule has 0 radical (unpaired) electrons. The molecule has 0 aliphatic carbocycles. The molecule has 2 aliphatic rings. The topological polar surface area (TPSA) is 44.8 Å². The Morgan fingerprint density at radius 3 is 2.50 bits per heavy atom. The maximum Gasteiger partial charge on any atom is 0.254 e. The molecule has 5 heteroatoms. The Bertz CT molecular complexity index is 886. The van der Waals surface area contributed by atoms with E-state index in [0.717, 1.165) is 63.4 Å². The number of nitrogens with one attached hydrogen (secondary N) is 1. The molecule has 1 saturated heterocycles. The Labute approximate surface area is 180 Å². The zero-order valence-corrected chi connectivity index (χ0v) is 18.4. The van der Waals surface area contributed by atoms with Gasteiger partial charge in [0.05, 0.1) is 7.11 Å². The first-order valence-corrected chi connectivity index (χ1v) is 11.0. The Kier molecular flexibility index (Phi) is 6.11. The van der Waals surface area contributed by atoms with E-state index in [9.17, 15) is 4.79 Å². The molecule has 2 aromatic carbocycles. The van der Waals surface area contributed by atoms with Crippen molar-refractivity contribution in [2.24, 2.45) is 0 Å². The second-order valence-corrected chi connectivity index (χ2v) is 9.00. The van der Waals surface area contributed by atoms with Crippen molar-refractivity contribution in [1.29, 1.82) is 0 Å². The predicted molar refractivity (Wildman–Crippen MR) is 120 cm³/mol. The van der Waals surface area contributed by atoms with Crippen LogP contribution in [0.25, 0.3) is 0 Å². The summed E-state index contributed by atoms with van der Waals surface area (Å²) in [4.78, 5) is 17.7. The number of piperazine rings is 1. The quantitative estimate of drug-likeness (QED) is 0.797. The van der Waals surface area contributed by atoms with Crippen LogP contribution in [0.2, 0.25) is 0 Å². The highest BCUT2D eigenvalue weighted by atomic mass is 16.5. The van der Waals surface area contributed by atoms with E-state index in [0.29, 0.717) is 0 Å². The molecule has 4 rings (SSSR count). The van der Waals surface area contributed by atoms with E-state index in [2.05, 4.69) is 42.3 Å². The molecule has 0 bridgehead atoms. The predicted octanol–water partition coefficient (Wildman–Crippen LogP) is 3.47. The zero-order chi connectivity index (χ0) is 21.1. The number of benzene rings is 2. The van der Waals surface area contributed by atoms with Gasteiger partial charge in [-0.05, 0) is 61.6 Å². The third-order valence-electron chi connectivity index (χ3n) is 6.66. The van der Waals surface area contributed by atoms with Crippen molar-refractivity contribution in [1.82, 2.24) is 15.1 Å². The molecule has 1 N–H and O–H groups in total. The molecular formula is C25H33N3O2. The molecule has 2 aromatic rings. The summed E-state index contributed by atoms with van der Waals surface area (Å²) in [5.41, 5.74) is 4.79. The van der Waals surface area contributed by atoms with Gasteiger partial charge >= 0.3 is 0 Å². The molecule has 0 saturated carbocycles. The minimum atomic E-state index is 0.0499. The summed E-state index contributed by atoms with van der Waals surface area (Å²) in [7, 11) is 1.70. The fourth-order valence-electron chi connectivity index (χ4n) is 4.49. The van der Waals surface area contributed by atoms with Gasteiger partial charge in [0.2, 0.25) is 0 Å². The van der Waals surface area contributed by atoms with Crippen LogP contribution in [0.1, 0.15) is 47.3 Å². The minimum absolute atomic E-state index is 0.0499. The monoisotopic (exact) mass is 407 g/mol. The molecule has 1 amide bonds. The molecule has 1 fully saturated rings. The van der Waals surface area contributed by atoms with E-state index in [-0.39, 0.29) is 11.4 Å². The maximum absolute atomic E-state index is 13.1. The van der Waals surface area contributed by atoms with Crippen molar-refractivity contribution in [2.75, 3.05) is 33.3 Å². The average Bonchev–Trinajstić information content (AvgIpc) is 3.24. The van der Waals surface area contributed by atoms with Crippen molar-refractivity contribution in [3.8, 4) is 5.75 Å². The third-order valence-corrected chi connectivity index (χ3v) is 6.66. The number of methoxy groups -OCH3 is 1. The lowest BCUT2D eigenvalue weighted by atomic mass is 9.93. The molecule has 30 heavy (non-hydrogen) atoms. The van der Waals surface area contributed by atoms with Gasteiger partial charge in [-0.15, -0.1) is 0 Å². The van der Waals surface area contributed by atoms with Crippen LogP contribution >= 0.6 is 0 Å². The first kappa shape index (κ1) is 20.9. The van der Waals surface area contributed by atoms with Crippen molar-refractivity contribution in [2.45, 2.75) is 45.3 Å². The van der Waals surface area contributed by atoms with Crippen molar-refractivity contribution in [3.05, 3.63) is 64.7 Å². The number of nitrogens with zero attached hydrogens (tertiary/aromatic N) is 2. The molecule has 0 spiro atoms. The van der Waals surface area contributed by atoms with E-state index >= 15 is 0 Å². The second kappa shape index (κ2) is 8.78. The smallest absolute Gasteiger partial charge is 0.254 e. The van der Waals surface area contributed by atoms with Crippen molar-refractivity contribution >= 4 is 5.91 Å². The van der Waals surface area contributed by atoms with Gasteiger partial charge in [0.15, 0.2) is 0 Å². The summed E-state index contributed by atoms with van der Waals surface area (Å²) in [6.07, 6.45) is 2.09. The maximum atomic E-state index is 13.1. The number of carbonyl (C=O) groups excluding carboxylic acids is 1. The lowest BCUT2D eigenvalue weighted by molar-refractivity contribution is 0.0731. The van der Waals surface area contributed by atoms with Crippen molar-refractivity contribution < 1.29 is 9.53 Å². The van der Waals surface area contributed by atoms with E-state index in [1.165, 1.54) is 16.7 Å². The van der Waals surface area contributed by atoms with Crippen LogP contribution in [0.15, 0.2) is 42.5 Å². The van der Waals surface area contributed by atoms with E-state index < -0.39 is 0 Å². The van der Waals surface area contributed by atoms with Gasteiger partial charge in [-0.2, -0.15) is 0 Å². The molecular weight excluding hydrogens is 374 g/mol. The Balaban J connectivity index is 1.44. The number of amides is 1. The van der Waals surface area contributed by atoms with E-state index in [4.69, 9.17) is 4.74 Å². The number of ether oxygens (including phenoxy) is 1. The summed E-state index contributed by atoms with van der Waals surface area (Å²) < 4.78 is 5.26. The largest absolute Gasteiger partial charge is 0.497 e. The van der Waals surface area contributed by atoms with Gasteiger partial charge in [0.1, 0.15) is 5.75 Å². The van der Waals surface area contributed by atoms with Gasteiger partial charge in [-0.25, -0.2) is 0 Å². The van der Waals surface area contributed by atoms with E-state index in [1.54, 1.807) is 7.11 Å². The fraction of sp³-hybridized carbons (Fsp3) is 0.480. The van der Waals surface area contributed by atoms with E-state index in [1.807, 2.05) is 29.2 Å². The highest BCUT2D eigenvalue weighted by Crippen LogP contribution is 2.34. The highest BCUT2D eigenvalue weighted by Gasteiger charge is 2.34. The molecule has 0 unspecified atom stereocenters. The van der Waals surface area contributed by atoms with Crippen LogP contribution in [0.4, 0.5) is 0 Å². The Morgan fingerprint density at radius 2 is 1.80 bits per heavy atom. The second-order valence-electron chi connectivity index (χ2n) is 9.00. The zero-order valence-electron chi connectivity index (χ0n) is 18.4. The number of hydrogen-bond donors (Lipinski definition) is 1. The Morgan fingerprint density at radius 1 is 1.07 bits per heavy atom. The summed E-state index contributed by atoms with van der Waals surface area (Å²) in [6.45, 7) is 9.74. The van der Waals surface area contributed by atoms with Crippen molar-refractivity contribution in [3.63, 3.8) is 0 Å². The lowest BCUT2D eigenvalue weighted by Gasteiger charge is -2.36. The van der Waals surface area contributed by atoms with Gasteiger partial charge in [-0.3, -0.25) is 9.69 Å². The standard InChI is InChI=1S/C25H33N3O2/c1-25(2,12-11-19-7-9-21(30-3)10-8-19)28-17-20-5-4-6-22(23(20)18-28)24(29)27-15-13-26-14-16-27/h4-10,26H,11-18H2,1-3H3. The molecule has 5 nitrogen and oxygen atoms in total. The summed E-state index contributed by atoms with van der Waals surface area (Å²) in [5.74, 6) is 1.08. The number of fused-ring (bicyclic) bond motifs is 1. The normalized spacial score (nSPS) is 17.1. The van der Waals surface area contributed by atoms with Crippen LogP contribution in [0.5, 0.6) is 5.75 Å². The summed E-state index contributed by atoms with van der Waals surface area (Å²) in [6, 6.07) is 14.6. The molecule has 2 aliphatic heterocycles. The summed E-state index contributed by atoms with van der Waals surface area (Å²) in [5, 5.41) is 3.33. The van der Waals surface area contributed by atoms with Gasteiger partial charge in [0.25, 0.3) is 5.91 Å². The minimum Gasteiger partial charge on any atom is -0.497 e. The third kappa shape index (κ3) is 4.37. The lowest BCUT2D eigenvalue weighted by Crippen LogP contribution is -2.46. The fourth-order valence-corrected chi connectivity index (χ4v) is 4.49. The molecule has 160 valence electrons. The first-order valence-electron chi connectivity index (χ1n) is 11.0. The van der Waals surface area contributed by atoms with Crippen LogP contribution in [0, 0.1) is 0 Å². The first-order chi connectivity index (χ1) is 14.5. The van der Waals surface area contributed by atoms with Crippen LogP contribution in [-0.4, -0.2) is 54.5 Å². The van der Waals surface area contributed by atoms with Crippen LogP contribution < -0.4 is 10.1 Å². The molecule has 2 heterocycles. The van der Waals surface area contributed by atoms with Gasteiger partial charge in [-0.1, -0.05) is 24.3 Å². The highest BCUT2D eigenvalue weighted by molar-refractivity contribution is 5.96. The van der Waals surface area contributed by atoms with Gasteiger partial charge < -0.3 is 15.0 Å². The molecule has 0 aromatic heterocycles. The van der Waals surface area contributed by atoms with Crippen LogP contribution in [-0.2, 0) is 19.5 Å². The average molecular weight is 408 g/mol. The number of hydrogen-bond acceptors (Lipinski definition) is 4. The van der Waals surface area contributed by atoms with Gasteiger partial charge in [0, 0.05) is 50.4 Å². The van der Waals surface area contributed by atoms with Crippen LogP contribution in [0.3, 0.4) is 0 Å². The number of aryl methyl sites for hydroxylation is 1. The Hall–Kier alpha value is -2.37. The summed E-state index contributed by atoms with van der Waals surface area (Å²) >= 11 is 0. The molecule has 0 atom stereocenters. The number of rotatable bonds is 6. The SMILES string of the molecule is COc1ccc(CCC(C)(C)N2Cc3cccc(C(=O)N4CCNCC4)c3C2)cc1.